The number of fused-ring (bicyclic) bond motifs is 1. The van der Waals surface area contributed by atoms with Crippen molar-refractivity contribution in [3.8, 4) is 0 Å². The first-order chi connectivity index (χ1) is 31.9. The van der Waals surface area contributed by atoms with E-state index >= 15 is 4.79 Å². The lowest BCUT2D eigenvalue weighted by molar-refractivity contribution is 0.0838. The summed E-state index contributed by atoms with van der Waals surface area (Å²) < 4.78 is 0. The van der Waals surface area contributed by atoms with E-state index < -0.39 is 0 Å². The summed E-state index contributed by atoms with van der Waals surface area (Å²) in [4.78, 5) is 62.5. The number of benzene rings is 6. The van der Waals surface area contributed by atoms with Crippen molar-refractivity contribution >= 4 is 77.0 Å². The van der Waals surface area contributed by atoms with Gasteiger partial charge in [0.25, 0.3) is 0 Å². The summed E-state index contributed by atoms with van der Waals surface area (Å²) in [6.07, 6.45) is 25.7. The molecule has 0 spiro atoms. The van der Waals surface area contributed by atoms with Gasteiger partial charge in [0.1, 0.15) is 0 Å². The van der Waals surface area contributed by atoms with E-state index in [4.69, 9.17) is 0 Å². The van der Waals surface area contributed by atoms with E-state index in [-0.39, 0.29) is 49.3 Å². The van der Waals surface area contributed by atoms with Gasteiger partial charge in [0.2, 0.25) is 0 Å². The smallest absolute Gasteiger partial charge is 0.171 e. The molecule has 6 aromatic carbocycles. The molecular formula is C60H74N2O4. The SMILES string of the molecule is C.CCCN1CCCCC1.O=C1CC(=O)c2cc3cc(CCC4CCCCC4)c4cc5c6c(cc(C7CCCCCC7)c7c8ccc1c2c8c3c4c67)C(=O)[C@H](CCN1CCCCC1)CC5=O. The van der Waals surface area contributed by atoms with Crippen molar-refractivity contribution in [3.63, 3.8) is 0 Å². The lowest BCUT2D eigenvalue weighted by atomic mass is 9.74. The number of hydrogen-bond acceptors (Lipinski definition) is 6. The summed E-state index contributed by atoms with van der Waals surface area (Å²) in [6, 6.07) is 12.9. The molecule has 2 saturated carbocycles. The second kappa shape index (κ2) is 19.4. The molecule has 6 nitrogen and oxygen atoms in total. The van der Waals surface area contributed by atoms with Crippen LogP contribution in [0.15, 0.2) is 36.4 Å². The predicted octanol–water partition coefficient (Wildman–Crippen LogP) is 14.8. The minimum absolute atomic E-state index is 0. The minimum atomic E-state index is -0.333. The van der Waals surface area contributed by atoms with Crippen LogP contribution in [0.3, 0.4) is 0 Å². The Morgan fingerprint density at radius 1 is 0.515 bits per heavy atom. The molecule has 0 N–H and O–H groups in total. The average molecular weight is 887 g/mol. The van der Waals surface area contributed by atoms with Gasteiger partial charge in [0, 0.05) is 45.4 Å². The van der Waals surface area contributed by atoms with Gasteiger partial charge in [-0.1, -0.05) is 103 Å². The molecule has 0 aromatic heterocycles. The molecule has 6 aliphatic rings. The number of aryl methyl sites for hydroxylation is 1. The maximum absolute atomic E-state index is 15.2. The van der Waals surface area contributed by atoms with Gasteiger partial charge in [-0.15, -0.1) is 0 Å². The zero-order valence-corrected chi connectivity index (χ0v) is 39.2. The van der Waals surface area contributed by atoms with E-state index in [1.165, 1.54) is 121 Å². The number of likely N-dealkylation sites (tertiary alicyclic amines) is 2. The number of carbonyl (C=O) groups is 4. The predicted molar refractivity (Wildman–Crippen MR) is 274 cm³/mol. The second-order valence-corrected chi connectivity index (χ2v) is 21.5. The Labute approximate surface area is 393 Å². The molecule has 2 aliphatic heterocycles. The summed E-state index contributed by atoms with van der Waals surface area (Å²) in [5, 5.41) is 10.4. The topological polar surface area (TPSA) is 74.8 Å². The molecule has 0 amide bonds. The Morgan fingerprint density at radius 3 is 1.83 bits per heavy atom. The third-order valence-electron chi connectivity index (χ3n) is 17.3. The van der Waals surface area contributed by atoms with Gasteiger partial charge in [0.15, 0.2) is 23.1 Å². The van der Waals surface area contributed by atoms with Crippen molar-refractivity contribution in [2.24, 2.45) is 11.8 Å². The highest BCUT2D eigenvalue weighted by Crippen LogP contribution is 2.53. The van der Waals surface area contributed by atoms with E-state index in [0.29, 0.717) is 29.4 Å². The Hall–Kier alpha value is -4.26. The molecule has 4 aliphatic carbocycles. The largest absolute Gasteiger partial charge is 0.303 e. The van der Waals surface area contributed by atoms with Crippen LogP contribution < -0.4 is 0 Å². The van der Waals surface area contributed by atoms with Crippen molar-refractivity contribution in [2.75, 3.05) is 39.3 Å². The quantitative estimate of drug-likeness (QED) is 0.0623. The van der Waals surface area contributed by atoms with Gasteiger partial charge in [0.05, 0.1) is 6.42 Å². The fourth-order valence-corrected chi connectivity index (χ4v) is 14.0. The maximum Gasteiger partial charge on any atom is 0.171 e. The lowest BCUT2D eigenvalue weighted by Gasteiger charge is -2.28. The molecule has 1 atom stereocenters. The summed E-state index contributed by atoms with van der Waals surface area (Å²) in [5.41, 5.74) is 5.30. The molecule has 6 aromatic rings. The number of Topliss-reactive ketones (excluding diaryl/α,β-unsaturated/α-hetero) is 4. The fraction of sp³-hybridized carbons (Fsp3) is 0.567. The first-order valence-electron chi connectivity index (χ1n) is 26.5. The van der Waals surface area contributed by atoms with Gasteiger partial charge in [-0.2, -0.15) is 0 Å². The number of rotatable bonds is 9. The van der Waals surface area contributed by atoms with Crippen LogP contribution >= 0.6 is 0 Å². The lowest BCUT2D eigenvalue weighted by Crippen LogP contribution is -2.32. The van der Waals surface area contributed by atoms with Gasteiger partial charge < -0.3 is 9.80 Å². The normalized spacial score (nSPS) is 21.8. The highest BCUT2D eigenvalue weighted by molar-refractivity contribution is 6.46. The maximum atomic E-state index is 15.2. The van der Waals surface area contributed by atoms with Crippen LogP contribution in [-0.2, 0) is 6.42 Å². The van der Waals surface area contributed by atoms with Gasteiger partial charge in [-0.25, -0.2) is 0 Å². The van der Waals surface area contributed by atoms with Crippen molar-refractivity contribution in [1.82, 2.24) is 9.80 Å². The molecule has 0 bridgehead atoms. The van der Waals surface area contributed by atoms with E-state index in [1.54, 1.807) is 0 Å². The molecule has 0 unspecified atom stereocenters. The summed E-state index contributed by atoms with van der Waals surface area (Å²) in [7, 11) is 0. The third kappa shape index (κ3) is 8.18. The average Bonchev–Trinajstić information content (AvgIpc) is 3.68. The number of ketones is 4. The molecule has 12 rings (SSSR count). The molecule has 66 heavy (non-hydrogen) atoms. The highest BCUT2D eigenvalue weighted by atomic mass is 16.2. The highest BCUT2D eigenvalue weighted by Gasteiger charge is 2.37. The van der Waals surface area contributed by atoms with Crippen LogP contribution in [-0.4, -0.2) is 72.2 Å². The van der Waals surface area contributed by atoms with Crippen molar-refractivity contribution in [2.45, 2.75) is 168 Å². The number of nitrogens with zero attached hydrogens (tertiary/aromatic N) is 2. The Morgan fingerprint density at radius 2 is 1.12 bits per heavy atom. The van der Waals surface area contributed by atoms with Crippen molar-refractivity contribution in [3.05, 3.63) is 69.8 Å². The zero-order chi connectivity index (χ0) is 44.2. The molecule has 2 saturated heterocycles. The van der Waals surface area contributed by atoms with Crippen LogP contribution in [0, 0.1) is 11.8 Å². The second-order valence-electron chi connectivity index (χ2n) is 21.5. The van der Waals surface area contributed by atoms with Crippen LogP contribution in [0.25, 0.3) is 53.9 Å². The van der Waals surface area contributed by atoms with Crippen LogP contribution in [0.1, 0.15) is 214 Å². The van der Waals surface area contributed by atoms with Gasteiger partial charge in [-0.3, -0.25) is 19.2 Å². The Kier molecular flexibility index (Phi) is 13.4. The standard InChI is InChI=1S/C51H53NO4.C8H17N.CH4/c53-41-25-32(19-22-52-20-9-4-10-21-52)51(56)40-27-36(30-13-7-1-2-8-14-30)46-35-18-17-34-42(54)28-43(55)38-24-33-23-31(16-15-29-11-5-3-6-12-29)37-26-39(41)47(40)50(46)49(37)44(33)48(35)45(34)38;1-2-6-9-7-4-3-5-8-9;/h17-18,23-24,26-27,29-30,32H,1-16,19-22,25,28H2;2-8H2,1H3;1H4/t32-;;/m1../s1. The molecule has 2 heterocycles. The molecule has 6 heteroatoms. The first-order valence-corrected chi connectivity index (χ1v) is 26.5. The number of hydrogen-bond donors (Lipinski definition) is 0. The number of piperidine rings is 2. The van der Waals surface area contributed by atoms with Crippen LogP contribution in [0.4, 0.5) is 0 Å². The molecule has 4 fully saturated rings. The van der Waals surface area contributed by atoms with Gasteiger partial charge in [-0.05, 0) is 188 Å². The fourth-order valence-electron chi connectivity index (χ4n) is 14.0. The Balaban J connectivity index is 0.000000461. The summed E-state index contributed by atoms with van der Waals surface area (Å²) >= 11 is 0. The molecular weight excluding hydrogens is 813 g/mol. The Bertz CT molecular complexity index is 2770. The summed E-state index contributed by atoms with van der Waals surface area (Å²) in [5.74, 6) is 0.721. The first kappa shape index (κ1) is 45.5. The van der Waals surface area contributed by atoms with E-state index in [9.17, 15) is 14.4 Å². The van der Waals surface area contributed by atoms with Gasteiger partial charge >= 0.3 is 0 Å². The monoisotopic (exact) mass is 887 g/mol. The summed E-state index contributed by atoms with van der Waals surface area (Å²) in [6.45, 7) is 9.31. The third-order valence-corrected chi connectivity index (χ3v) is 17.3. The number of carbonyl (C=O) groups excluding carboxylic acids is 4. The molecule has 0 radical (unpaired) electrons. The van der Waals surface area contributed by atoms with E-state index in [0.717, 1.165) is 123 Å². The van der Waals surface area contributed by atoms with E-state index in [2.05, 4.69) is 47.1 Å². The van der Waals surface area contributed by atoms with Crippen LogP contribution in [0.5, 0.6) is 0 Å². The van der Waals surface area contributed by atoms with Crippen molar-refractivity contribution in [1.29, 1.82) is 0 Å². The minimum Gasteiger partial charge on any atom is -0.303 e. The van der Waals surface area contributed by atoms with Crippen LogP contribution in [0.2, 0.25) is 0 Å². The van der Waals surface area contributed by atoms with Crippen molar-refractivity contribution < 1.29 is 19.2 Å². The zero-order valence-electron chi connectivity index (χ0n) is 39.2. The van der Waals surface area contributed by atoms with E-state index in [1.807, 2.05) is 6.07 Å². The molecule has 348 valence electrons.